The molecule has 1 aromatic rings. The molecule has 166 valence electrons. The van der Waals surface area contributed by atoms with Crippen molar-refractivity contribution in [3.05, 3.63) is 23.2 Å². The molecule has 0 spiro atoms. The van der Waals surface area contributed by atoms with Gasteiger partial charge in [-0.05, 0) is 63.1 Å². The van der Waals surface area contributed by atoms with E-state index in [1.165, 1.54) is 19.3 Å². The van der Waals surface area contributed by atoms with Crippen molar-refractivity contribution in [1.82, 2.24) is 10.2 Å². The molecule has 1 aromatic carbocycles. The summed E-state index contributed by atoms with van der Waals surface area (Å²) in [6.07, 6.45) is 6.93. The van der Waals surface area contributed by atoms with Gasteiger partial charge in [-0.2, -0.15) is 0 Å². The van der Waals surface area contributed by atoms with E-state index < -0.39 is 0 Å². The zero-order chi connectivity index (χ0) is 21.5. The number of hydrogen-bond donors (Lipinski definition) is 2. The Morgan fingerprint density at radius 3 is 2.37 bits per heavy atom. The van der Waals surface area contributed by atoms with Gasteiger partial charge in [0.1, 0.15) is 0 Å². The lowest BCUT2D eigenvalue weighted by atomic mass is 9.98. The number of halogens is 1. The smallest absolute Gasteiger partial charge is 0.319 e. The normalized spacial score (nSPS) is 17.9. The largest absolute Gasteiger partial charge is 0.370 e. The topological polar surface area (TPSA) is 64.7 Å². The van der Waals surface area contributed by atoms with Gasteiger partial charge in [-0.3, -0.25) is 4.79 Å². The number of piperidine rings is 2. The molecule has 7 heteroatoms. The lowest BCUT2D eigenvalue weighted by molar-refractivity contribution is -0.136. The van der Waals surface area contributed by atoms with Crippen LogP contribution in [0.3, 0.4) is 0 Å². The number of anilines is 2. The first-order valence-corrected chi connectivity index (χ1v) is 11.8. The predicted octanol–water partition coefficient (Wildman–Crippen LogP) is 4.88. The fourth-order valence-corrected chi connectivity index (χ4v) is 4.68. The van der Waals surface area contributed by atoms with E-state index in [-0.39, 0.29) is 23.9 Å². The Morgan fingerprint density at radius 1 is 1.07 bits per heavy atom. The zero-order valence-corrected chi connectivity index (χ0v) is 19.0. The number of benzene rings is 1. The van der Waals surface area contributed by atoms with Gasteiger partial charge in [-0.1, -0.05) is 25.4 Å². The third kappa shape index (κ3) is 5.81. The minimum absolute atomic E-state index is 0.0772. The van der Waals surface area contributed by atoms with Gasteiger partial charge in [-0.25, -0.2) is 4.79 Å². The number of likely N-dealkylation sites (tertiary alicyclic amines) is 1. The third-order valence-corrected chi connectivity index (χ3v) is 6.62. The molecule has 0 atom stereocenters. The number of hydrogen-bond acceptors (Lipinski definition) is 3. The van der Waals surface area contributed by atoms with Crippen LogP contribution in [0.1, 0.15) is 58.8 Å². The molecule has 30 heavy (non-hydrogen) atoms. The molecule has 0 bridgehead atoms. The molecule has 3 amide bonds. The number of rotatable bonds is 6. The molecule has 3 rings (SSSR count). The average Bonchev–Trinajstić information content (AvgIpc) is 2.75. The SMILES string of the molecule is CCC(CC)C(=O)N1CCC(NC(=O)Nc2cc(Cl)ccc2N2CCCCC2)CC1. The molecule has 0 radical (unpaired) electrons. The number of urea groups is 1. The van der Waals surface area contributed by atoms with E-state index in [4.69, 9.17) is 11.6 Å². The molecule has 2 heterocycles. The standard InChI is InChI=1S/C23H35ClN4O2/c1-3-17(4-2)22(29)28-14-10-19(11-15-28)25-23(30)26-20-16-18(24)8-9-21(20)27-12-6-5-7-13-27/h8-9,16-17,19H,3-7,10-15H2,1-2H3,(H2,25,26,30). The lowest BCUT2D eigenvalue weighted by Gasteiger charge is -2.34. The van der Waals surface area contributed by atoms with Crippen LogP contribution in [0.5, 0.6) is 0 Å². The van der Waals surface area contributed by atoms with Gasteiger partial charge in [0.2, 0.25) is 5.91 Å². The Balaban J connectivity index is 1.54. The summed E-state index contributed by atoms with van der Waals surface area (Å²) < 4.78 is 0. The van der Waals surface area contributed by atoms with Gasteiger partial charge in [0.15, 0.2) is 0 Å². The highest BCUT2D eigenvalue weighted by Gasteiger charge is 2.27. The number of nitrogens with zero attached hydrogens (tertiary/aromatic N) is 2. The Morgan fingerprint density at radius 2 is 1.73 bits per heavy atom. The fraction of sp³-hybridized carbons (Fsp3) is 0.652. The van der Waals surface area contributed by atoms with Crippen molar-refractivity contribution in [1.29, 1.82) is 0 Å². The van der Waals surface area contributed by atoms with Crippen LogP contribution in [0.25, 0.3) is 0 Å². The van der Waals surface area contributed by atoms with Crippen LogP contribution in [0, 0.1) is 5.92 Å². The van der Waals surface area contributed by atoms with Crippen molar-refractivity contribution < 1.29 is 9.59 Å². The molecule has 2 saturated heterocycles. The van der Waals surface area contributed by atoms with Crippen LogP contribution >= 0.6 is 11.6 Å². The predicted molar refractivity (Wildman–Crippen MR) is 123 cm³/mol. The van der Waals surface area contributed by atoms with Crippen LogP contribution < -0.4 is 15.5 Å². The molecule has 0 aliphatic carbocycles. The first-order valence-electron chi connectivity index (χ1n) is 11.4. The number of carbonyl (C=O) groups is 2. The van der Waals surface area contributed by atoms with Gasteiger partial charge >= 0.3 is 6.03 Å². The minimum Gasteiger partial charge on any atom is -0.370 e. The van der Waals surface area contributed by atoms with E-state index >= 15 is 0 Å². The van der Waals surface area contributed by atoms with Crippen LogP contribution in [0.15, 0.2) is 18.2 Å². The van der Waals surface area contributed by atoms with Crippen molar-refractivity contribution in [2.24, 2.45) is 5.92 Å². The van der Waals surface area contributed by atoms with Crippen LogP contribution in [-0.2, 0) is 4.79 Å². The Hall–Kier alpha value is -1.95. The summed E-state index contributed by atoms with van der Waals surface area (Å²) in [7, 11) is 0. The highest BCUT2D eigenvalue weighted by atomic mass is 35.5. The van der Waals surface area contributed by atoms with E-state index in [1.807, 2.05) is 23.1 Å². The average molecular weight is 435 g/mol. The summed E-state index contributed by atoms with van der Waals surface area (Å²) in [5.41, 5.74) is 1.78. The second-order valence-electron chi connectivity index (χ2n) is 8.42. The minimum atomic E-state index is -0.208. The van der Waals surface area contributed by atoms with Crippen LogP contribution in [0.4, 0.5) is 16.2 Å². The highest BCUT2D eigenvalue weighted by Crippen LogP contribution is 2.31. The lowest BCUT2D eigenvalue weighted by Crippen LogP contribution is -2.48. The first kappa shape index (κ1) is 22.7. The Bertz CT molecular complexity index is 724. The molecule has 6 nitrogen and oxygen atoms in total. The molecule has 0 unspecified atom stereocenters. The van der Waals surface area contributed by atoms with Crippen molar-refractivity contribution in [2.75, 3.05) is 36.4 Å². The van der Waals surface area contributed by atoms with Gasteiger partial charge in [0, 0.05) is 43.2 Å². The van der Waals surface area contributed by atoms with E-state index in [0.29, 0.717) is 18.1 Å². The fourth-order valence-electron chi connectivity index (χ4n) is 4.50. The van der Waals surface area contributed by atoms with Crippen molar-refractivity contribution >= 4 is 34.9 Å². The molecule has 0 aromatic heterocycles. The van der Waals surface area contributed by atoms with Crippen LogP contribution in [-0.4, -0.2) is 49.1 Å². The van der Waals surface area contributed by atoms with E-state index in [2.05, 4.69) is 29.4 Å². The number of nitrogens with one attached hydrogen (secondary N) is 2. The van der Waals surface area contributed by atoms with E-state index in [9.17, 15) is 9.59 Å². The van der Waals surface area contributed by atoms with Gasteiger partial charge in [-0.15, -0.1) is 0 Å². The monoisotopic (exact) mass is 434 g/mol. The Kier molecular flexibility index (Phi) is 8.25. The molecule has 2 fully saturated rings. The third-order valence-electron chi connectivity index (χ3n) is 6.38. The number of carbonyl (C=O) groups excluding carboxylic acids is 2. The van der Waals surface area contributed by atoms with E-state index in [0.717, 1.165) is 50.1 Å². The van der Waals surface area contributed by atoms with Crippen LogP contribution in [0.2, 0.25) is 5.02 Å². The maximum absolute atomic E-state index is 12.7. The van der Waals surface area contributed by atoms with Gasteiger partial charge in [0.25, 0.3) is 0 Å². The summed E-state index contributed by atoms with van der Waals surface area (Å²) in [5, 5.41) is 6.70. The molecular formula is C23H35ClN4O2. The molecule has 2 aliphatic heterocycles. The summed E-state index contributed by atoms with van der Waals surface area (Å²) in [6, 6.07) is 5.56. The summed E-state index contributed by atoms with van der Waals surface area (Å²) in [6.45, 7) is 7.55. The van der Waals surface area contributed by atoms with E-state index in [1.54, 1.807) is 0 Å². The second-order valence-corrected chi connectivity index (χ2v) is 8.86. The maximum Gasteiger partial charge on any atom is 0.319 e. The molecule has 2 N–H and O–H groups in total. The first-order chi connectivity index (χ1) is 14.5. The highest BCUT2D eigenvalue weighted by molar-refractivity contribution is 6.31. The molecular weight excluding hydrogens is 400 g/mol. The summed E-state index contributed by atoms with van der Waals surface area (Å²) in [5.74, 6) is 0.377. The van der Waals surface area contributed by atoms with Gasteiger partial charge in [0.05, 0.1) is 11.4 Å². The maximum atomic E-state index is 12.7. The second kappa shape index (κ2) is 10.9. The van der Waals surface area contributed by atoms with Gasteiger partial charge < -0.3 is 20.4 Å². The summed E-state index contributed by atoms with van der Waals surface area (Å²) >= 11 is 6.20. The van der Waals surface area contributed by atoms with Crippen molar-refractivity contribution in [2.45, 2.75) is 64.8 Å². The number of amides is 3. The Labute approximate surface area is 185 Å². The van der Waals surface area contributed by atoms with Crippen molar-refractivity contribution in [3.63, 3.8) is 0 Å². The molecule has 0 saturated carbocycles. The van der Waals surface area contributed by atoms with Crippen molar-refractivity contribution in [3.8, 4) is 0 Å². The quantitative estimate of drug-likeness (QED) is 0.670. The summed E-state index contributed by atoms with van der Waals surface area (Å²) in [4.78, 5) is 29.5. The zero-order valence-electron chi connectivity index (χ0n) is 18.3. The molecule has 2 aliphatic rings.